The predicted octanol–water partition coefficient (Wildman–Crippen LogP) is 1.25. The maximum Gasteiger partial charge on any atom is 0.256 e. The molecule has 5 heteroatoms. The minimum absolute atomic E-state index is 0.0863. The molecule has 0 bridgehead atoms. The molecule has 4 nitrogen and oxygen atoms in total. The van der Waals surface area contributed by atoms with Crippen molar-refractivity contribution in [1.29, 1.82) is 0 Å². The smallest absolute Gasteiger partial charge is 0.256 e. The van der Waals surface area contributed by atoms with Crippen molar-refractivity contribution in [2.75, 3.05) is 19.3 Å². The number of nitrogens with zero attached hydrogens (tertiary/aromatic N) is 1. The van der Waals surface area contributed by atoms with Gasteiger partial charge in [0.1, 0.15) is 5.82 Å². The summed E-state index contributed by atoms with van der Waals surface area (Å²) in [6.07, 6.45) is 0. The SMILES string of the molecule is CN(CC(C)(C)O)C(=O)c1cc(N)ccc1F. The Bertz CT molecular complexity index is 427. The van der Waals surface area contributed by atoms with Gasteiger partial charge in [-0.15, -0.1) is 0 Å². The van der Waals surface area contributed by atoms with E-state index >= 15 is 0 Å². The average Bonchev–Trinajstić information content (AvgIpc) is 2.18. The van der Waals surface area contributed by atoms with Gasteiger partial charge in [-0.05, 0) is 32.0 Å². The number of carbonyl (C=O) groups excluding carboxylic acids is 1. The van der Waals surface area contributed by atoms with Crippen LogP contribution in [0.25, 0.3) is 0 Å². The van der Waals surface area contributed by atoms with E-state index in [9.17, 15) is 14.3 Å². The lowest BCUT2D eigenvalue weighted by Gasteiger charge is -2.25. The first-order chi connectivity index (χ1) is 7.70. The molecule has 94 valence electrons. The number of carbonyl (C=O) groups is 1. The summed E-state index contributed by atoms with van der Waals surface area (Å²) < 4.78 is 13.4. The molecule has 0 saturated heterocycles. The molecule has 0 aliphatic rings. The molecule has 0 aliphatic carbocycles. The summed E-state index contributed by atoms with van der Waals surface area (Å²) in [5.41, 5.74) is 4.72. The van der Waals surface area contributed by atoms with E-state index in [1.807, 2.05) is 0 Å². The summed E-state index contributed by atoms with van der Waals surface area (Å²) in [6.45, 7) is 3.26. The Morgan fingerprint density at radius 2 is 2.12 bits per heavy atom. The highest BCUT2D eigenvalue weighted by atomic mass is 19.1. The highest BCUT2D eigenvalue weighted by Crippen LogP contribution is 2.15. The monoisotopic (exact) mass is 240 g/mol. The van der Waals surface area contributed by atoms with Gasteiger partial charge in [-0.3, -0.25) is 4.79 Å². The molecule has 0 aromatic heterocycles. The van der Waals surface area contributed by atoms with Crippen LogP contribution in [0.2, 0.25) is 0 Å². The highest BCUT2D eigenvalue weighted by molar-refractivity contribution is 5.95. The van der Waals surface area contributed by atoms with Gasteiger partial charge in [0.25, 0.3) is 5.91 Å². The Morgan fingerprint density at radius 1 is 1.53 bits per heavy atom. The maximum atomic E-state index is 13.4. The molecule has 0 fully saturated rings. The normalized spacial score (nSPS) is 11.4. The Kier molecular flexibility index (Phi) is 3.72. The van der Waals surface area contributed by atoms with Crippen molar-refractivity contribution in [2.45, 2.75) is 19.4 Å². The number of aliphatic hydroxyl groups is 1. The van der Waals surface area contributed by atoms with E-state index in [1.165, 1.54) is 24.1 Å². The predicted molar refractivity (Wildman–Crippen MR) is 64.1 cm³/mol. The molecule has 0 spiro atoms. The van der Waals surface area contributed by atoms with E-state index in [1.54, 1.807) is 13.8 Å². The number of rotatable bonds is 3. The zero-order valence-electron chi connectivity index (χ0n) is 10.2. The van der Waals surface area contributed by atoms with Crippen molar-refractivity contribution in [1.82, 2.24) is 4.90 Å². The Morgan fingerprint density at radius 3 is 2.65 bits per heavy atom. The summed E-state index contributed by atoms with van der Waals surface area (Å²) in [5.74, 6) is -1.12. The molecular weight excluding hydrogens is 223 g/mol. The van der Waals surface area contributed by atoms with Gasteiger partial charge in [-0.1, -0.05) is 0 Å². The molecule has 0 unspecified atom stereocenters. The molecule has 1 amide bonds. The Labute approximate surface area is 99.8 Å². The molecule has 0 radical (unpaired) electrons. The van der Waals surface area contributed by atoms with Crippen molar-refractivity contribution >= 4 is 11.6 Å². The average molecular weight is 240 g/mol. The quantitative estimate of drug-likeness (QED) is 0.781. The van der Waals surface area contributed by atoms with Crippen molar-refractivity contribution in [3.05, 3.63) is 29.6 Å². The first kappa shape index (κ1) is 13.4. The molecule has 0 heterocycles. The van der Waals surface area contributed by atoms with Gasteiger partial charge in [0, 0.05) is 19.3 Å². The molecule has 0 saturated carbocycles. The van der Waals surface area contributed by atoms with E-state index in [0.29, 0.717) is 5.69 Å². The molecule has 1 rings (SSSR count). The van der Waals surface area contributed by atoms with Gasteiger partial charge >= 0.3 is 0 Å². The Balaban J connectivity index is 2.93. The lowest BCUT2D eigenvalue weighted by molar-refractivity contribution is 0.0365. The number of nitrogen functional groups attached to an aromatic ring is 1. The first-order valence-corrected chi connectivity index (χ1v) is 5.23. The molecule has 1 aromatic rings. The largest absolute Gasteiger partial charge is 0.399 e. The van der Waals surface area contributed by atoms with Gasteiger partial charge in [0.05, 0.1) is 11.2 Å². The lowest BCUT2D eigenvalue weighted by atomic mass is 10.1. The van der Waals surface area contributed by atoms with Crippen LogP contribution in [-0.4, -0.2) is 35.1 Å². The second kappa shape index (κ2) is 4.71. The van der Waals surface area contributed by atoms with Gasteiger partial charge in [-0.25, -0.2) is 4.39 Å². The van der Waals surface area contributed by atoms with Gasteiger partial charge < -0.3 is 15.7 Å². The fourth-order valence-electron chi connectivity index (χ4n) is 1.56. The number of halogens is 1. The number of amides is 1. The fourth-order valence-corrected chi connectivity index (χ4v) is 1.56. The summed E-state index contributed by atoms with van der Waals surface area (Å²) in [6, 6.07) is 3.83. The van der Waals surface area contributed by atoms with Crippen LogP contribution in [0.15, 0.2) is 18.2 Å². The van der Waals surface area contributed by atoms with Crippen LogP contribution in [0.4, 0.5) is 10.1 Å². The summed E-state index contributed by atoms with van der Waals surface area (Å²) in [4.78, 5) is 13.2. The highest BCUT2D eigenvalue weighted by Gasteiger charge is 2.22. The number of benzene rings is 1. The molecule has 0 atom stereocenters. The minimum Gasteiger partial charge on any atom is -0.399 e. The van der Waals surface area contributed by atoms with Crippen molar-refractivity contribution < 1.29 is 14.3 Å². The van der Waals surface area contributed by atoms with E-state index < -0.39 is 17.3 Å². The van der Waals surface area contributed by atoms with E-state index in [4.69, 9.17) is 5.73 Å². The van der Waals surface area contributed by atoms with Gasteiger partial charge in [0.2, 0.25) is 0 Å². The van der Waals surface area contributed by atoms with E-state index in [2.05, 4.69) is 0 Å². The van der Waals surface area contributed by atoms with Crippen LogP contribution in [-0.2, 0) is 0 Å². The van der Waals surface area contributed by atoms with Crippen LogP contribution < -0.4 is 5.73 Å². The van der Waals surface area contributed by atoms with Gasteiger partial charge in [-0.2, -0.15) is 0 Å². The lowest BCUT2D eigenvalue weighted by Crippen LogP contribution is -2.40. The third-order valence-electron chi connectivity index (χ3n) is 2.19. The van der Waals surface area contributed by atoms with E-state index in [0.717, 1.165) is 6.07 Å². The second-order valence-electron chi connectivity index (χ2n) is 4.71. The molecule has 17 heavy (non-hydrogen) atoms. The van der Waals surface area contributed by atoms with Gasteiger partial charge in [0.15, 0.2) is 0 Å². The number of nitrogens with two attached hydrogens (primary N) is 1. The topological polar surface area (TPSA) is 66.6 Å². The number of likely N-dealkylation sites (N-methyl/N-ethyl adjacent to an activating group) is 1. The van der Waals surface area contributed by atoms with Crippen LogP contribution in [0.5, 0.6) is 0 Å². The van der Waals surface area contributed by atoms with Crippen LogP contribution in [0, 0.1) is 5.82 Å². The van der Waals surface area contributed by atoms with E-state index in [-0.39, 0.29) is 12.1 Å². The van der Waals surface area contributed by atoms with Crippen LogP contribution in [0.1, 0.15) is 24.2 Å². The number of hydrogen-bond donors (Lipinski definition) is 2. The van der Waals surface area contributed by atoms with Crippen molar-refractivity contribution in [3.63, 3.8) is 0 Å². The third-order valence-corrected chi connectivity index (χ3v) is 2.19. The van der Waals surface area contributed by atoms with Crippen molar-refractivity contribution in [2.24, 2.45) is 0 Å². The van der Waals surface area contributed by atoms with Crippen LogP contribution >= 0.6 is 0 Å². The second-order valence-corrected chi connectivity index (χ2v) is 4.71. The molecular formula is C12H17FN2O2. The first-order valence-electron chi connectivity index (χ1n) is 5.23. The maximum absolute atomic E-state index is 13.4. The minimum atomic E-state index is -1.03. The summed E-state index contributed by atoms with van der Waals surface area (Å²) in [5, 5.41) is 9.60. The zero-order chi connectivity index (χ0) is 13.2. The van der Waals surface area contributed by atoms with Crippen LogP contribution in [0.3, 0.4) is 0 Å². The Hall–Kier alpha value is -1.62. The standard InChI is InChI=1S/C12H17FN2O2/c1-12(2,17)7-15(3)11(16)9-6-8(14)4-5-10(9)13/h4-6,17H,7,14H2,1-3H3. The zero-order valence-corrected chi connectivity index (χ0v) is 10.2. The molecule has 1 aromatic carbocycles. The summed E-state index contributed by atoms with van der Waals surface area (Å²) >= 11 is 0. The summed E-state index contributed by atoms with van der Waals surface area (Å²) in [7, 11) is 1.50. The number of anilines is 1. The van der Waals surface area contributed by atoms with Crippen molar-refractivity contribution in [3.8, 4) is 0 Å². The molecule has 3 N–H and O–H groups in total. The number of hydrogen-bond acceptors (Lipinski definition) is 3. The third kappa shape index (κ3) is 3.71. The fraction of sp³-hybridized carbons (Fsp3) is 0.417. The molecule has 0 aliphatic heterocycles.